The summed E-state index contributed by atoms with van der Waals surface area (Å²) in [5.74, 6) is 0.730. The highest BCUT2D eigenvalue weighted by Gasteiger charge is 2.25. The lowest BCUT2D eigenvalue weighted by Gasteiger charge is -2.19. The van der Waals surface area contributed by atoms with Crippen molar-refractivity contribution in [2.24, 2.45) is 0 Å². The fraction of sp³-hybridized carbons (Fsp3) is 0.211. The van der Waals surface area contributed by atoms with Gasteiger partial charge in [-0.05, 0) is 30.7 Å². The molecule has 3 heterocycles. The molecular formula is C19H18N4O2. The molecule has 0 aliphatic carbocycles. The number of para-hydroxylation sites is 1. The number of nitrogens with zero attached hydrogens (tertiary/aromatic N) is 3. The van der Waals surface area contributed by atoms with Gasteiger partial charge < -0.3 is 15.0 Å². The number of pyridine rings is 1. The second-order valence-corrected chi connectivity index (χ2v) is 6.17. The molecule has 0 unspecified atom stereocenters. The average molecular weight is 334 g/mol. The number of fused-ring (bicyclic) bond motifs is 3. The zero-order chi connectivity index (χ0) is 17.4. The minimum absolute atomic E-state index is 0.0799. The Kier molecular flexibility index (Phi) is 3.72. The third-order valence-electron chi connectivity index (χ3n) is 4.47. The van der Waals surface area contributed by atoms with Crippen LogP contribution in [0.2, 0.25) is 0 Å². The molecule has 0 spiro atoms. The Labute approximate surface area is 144 Å². The van der Waals surface area contributed by atoms with Gasteiger partial charge in [-0.15, -0.1) is 0 Å². The zero-order valence-electron chi connectivity index (χ0n) is 13.9. The maximum atomic E-state index is 12.4. The van der Waals surface area contributed by atoms with Crippen molar-refractivity contribution in [3.8, 4) is 0 Å². The molecule has 0 atom stereocenters. The number of rotatable bonds is 3. The van der Waals surface area contributed by atoms with Gasteiger partial charge in [0.25, 0.3) is 0 Å². The number of aliphatic hydroxyl groups is 1. The van der Waals surface area contributed by atoms with Crippen LogP contribution < -0.4 is 5.32 Å². The molecule has 1 aliphatic heterocycles. The lowest BCUT2D eigenvalue weighted by molar-refractivity contribution is -0.115. The van der Waals surface area contributed by atoms with Crippen LogP contribution in [-0.4, -0.2) is 25.5 Å². The molecule has 6 nitrogen and oxygen atoms in total. The van der Waals surface area contributed by atoms with Crippen molar-refractivity contribution < 1.29 is 9.90 Å². The Bertz CT molecular complexity index is 989. The second kappa shape index (κ2) is 6.05. The van der Waals surface area contributed by atoms with Gasteiger partial charge in [-0.25, -0.2) is 4.98 Å². The molecule has 0 saturated carbocycles. The van der Waals surface area contributed by atoms with E-state index >= 15 is 0 Å². The summed E-state index contributed by atoms with van der Waals surface area (Å²) < 4.78 is 2.08. The van der Waals surface area contributed by atoms with Crippen molar-refractivity contribution in [2.45, 2.75) is 26.3 Å². The summed E-state index contributed by atoms with van der Waals surface area (Å²) in [5, 5.41) is 13.2. The van der Waals surface area contributed by atoms with E-state index < -0.39 is 0 Å². The first kappa shape index (κ1) is 15.4. The number of amides is 1. The van der Waals surface area contributed by atoms with Crippen molar-refractivity contribution in [1.29, 1.82) is 0 Å². The second-order valence-electron chi connectivity index (χ2n) is 6.17. The molecule has 0 saturated heterocycles. The van der Waals surface area contributed by atoms with E-state index in [1.165, 1.54) is 0 Å². The number of hydrogen-bond donors (Lipinski definition) is 2. The monoisotopic (exact) mass is 334 g/mol. The predicted molar refractivity (Wildman–Crippen MR) is 96.1 cm³/mol. The largest absolute Gasteiger partial charge is 0.512 e. The first-order valence-electron chi connectivity index (χ1n) is 8.20. The van der Waals surface area contributed by atoms with Gasteiger partial charge in [-0.2, -0.15) is 0 Å². The maximum absolute atomic E-state index is 12.4. The average Bonchev–Trinajstić information content (AvgIpc) is 2.99. The molecule has 4 rings (SSSR count). The normalized spacial score (nSPS) is 13.8. The molecule has 1 aliphatic rings. The van der Waals surface area contributed by atoms with Crippen molar-refractivity contribution in [2.75, 3.05) is 5.32 Å². The Morgan fingerprint density at radius 1 is 1.28 bits per heavy atom. The van der Waals surface area contributed by atoms with Crippen LogP contribution in [0, 0.1) is 6.92 Å². The van der Waals surface area contributed by atoms with Gasteiger partial charge in [0.15, 0.2) is 0 Å². The molecule has 6 heteroatoms. The molecule has 3 aromatic rings. The van der Waals surface area contributed by atoms with Crippen LogP contribution in [0.1, 0.15) is 24.2 Å². The lowest BCUT2D eigenvalue weighted by Crippen LogP contribution is -2.18. The van der Waals surface area contributed by atoms with Gasteiger partial charge in [-0.3, -0.25) is 9.78 Å². The van der Waals surface area contributed by atoms with Gasteiger partial charge in [-0.1, -0.05) is 12.1 Å². The number of benzene rings is 1. The minimum atomic E-state index is -0.190. The molecule has 0 fully saturated rings. The van der Waals surface area contributed by atoms with E-state index in [1.807, 2.05) is 25.1 Å². The third-order valence-corrected chi connectivity index (χ3v) is 4.47. The molecule has 126 valence electrons. The molecule has 1 amide bonds. The summed E-state index contributed by atoms with van der Waals surface area (Å²) in [6, 6.07) is 9.49. The van der Waals surface area contributed by atoms with Gasteiger partial charge in [0, 0.05) is 36.6 Å². The molecule has 0 radical (unpaired) electrons. The van der Waals surface area contributed by atoms with Crippen molar-refractivity contribution >= 4 is 28.2 Å². The maximum Gasteiger partial charge on any atom is 0.229 e. The predicted octanol–water partition coefficient (Wildman–Crippen LogP) is 3.44. The quantitative estimate of drug-likeness (QED) is 0.769. The lowest BCUT2D eigenvalue weighted by atomic mass is 10.0. The van der Waals surface area contributed by atoms with Crippen LogP contribution in [0.3, 0.4) is 0 Å². The Hall–Kier alpha value is -3.15. The van der Waals surface area contributed by atoms with E-state index in [1.54, 1.807) is 24.5 Å². The highest BCUT2D eigenvalue weighted by atomic mass is 16.3. The van der Waals surface area contributed by atoms with Crippen LogP contribution in [0.5, 0.6) is 0 Å². The van der Waals surface area contributed by atoms with Crippen LogP contribution in [0.4, 0.5) is 5.69 Å². The van der Waals surface area contributed by atoms with E-state index in [-0.39, 0.29) is 18.1 Å². The van der Waals surface area contributed by atoms with Crippen LogP contribution >= 0.6 is 0 Å². The smallest absolute Gasteiger partial charge is 0.229 e. The molecular weight excluding hydrogens is 316 g/mol. The summed E-state index contributed by atoms with van der Waals surface area (Å²) >= 11 is 0. The summed E-state index contributed by atoms with van der Waals surface area (Å²) in [6.07, 6.45) is 3.82. The van der Waals surface area contributed by atoms with E-state index in [9.17, 15) is 9.90 Å². The fourth-order valence-corrected chi connectivity index (χ4v) is 3.22. The minimum Gasteiger partial charge on any atom is -0.512 e. The number of imidazole rings is 1. The van der Waals surface area contributed by atoms with E-state index in [0.29, 0.717) is 30.1 Å². The number of allylic oxidation sites excluding steroid dienone is 1. The third kappa shape index (κ3) is 2.76. The zero-order valence-corrected chi connectivity index (χ0v) is 13.9. The Morgan fingerprint density at radius 3 is 2.88 bits per heavy atom. The standard InChI is InChI=1S/C19H18N4O2/c1-12-3-2-4-15-18(12)22-19-14(16(24)7-10-23(15)19)11-17(25)21-13-5-8-20-9-6-13/h2-6,8-9,24H,7,10-11H2,1H3,(H,20,21,25). The topological polar surface area (TPSA) is 80.0 Å². The van der Waals surface area contributed by atoms with Crippen molar-refractivity contribution in [3.05, 3.63) is 59.9 Å². The van der Waals surface area contributed by atoms with Crippen LogP contribution in [0.15, 0.2) is 48.5 Å². The number of aliphatic hydroxyl groups excluding tert-OH is 1. The number of aromatic nitrogens is 3. The number of hydrogen-bond acceptors (Lipinski definition) is 4. The Balaban J connectivity index is 1.67. The first-order valence-corrected chi connectivity index (χ1v) is 8.20. The number of nitrogens with one attached hydrogen (secondary N) is 1. The Morgan fingerprint density at radius 2 is 2.08 bits per heavy atom. The van der Waals surface area contributed by atoms with Crippen LogP contribution in [-0.2, 0) is 11.3 Å². The number of anilines is 1. The highest BCUT2D eigenvalue weighted by Crippen LogP contribution is 2.32. The van der Waals surface area contributed by atoms with Gasteiger partial charge >= 0.3 is 0 Å². The highest BCUT2D eigenvalue weighted by molar-refractivity contribution is 5.98. The first-order chi connectivity index (χ1) is 12.1. The molecule has 2 N–H and O–H groups in total. The van der Waals surface area contributed by atoms with Crippen molar-refractivity contribution in [3.63, 3.8) is 0 Å². The summed E-state index contributed by atoms with van der Waals surface area (Å²) in [7, 11) is 0. The van der Waals surface area contributed by atoms with Crippen molar-refractivity contribution in [1.82, 2.24) is 14.5 Å². The molecule has 2 aromatic heterocycles. The van der Waals surface area contributed by atoms with Gasteiger partial charge in [0.05, 0.1) is 17.5 Å². The molecule has 1 aromatic carbocycles. The summed E-state index contributed by atoms with van der Waals surface area (Å²) in [5.41, 5.74) is 4.31. The number of aryl methyl sites for hydroxylation is 2. The number of carbonyl (C=O) groups is 1. The van der Waals surface area contributed by atoms with E-state index in [2.05, 4.69) is 14.9 Å². The number of carbonyl (C=O) groups excluding carboxylic acids is 1. The summed E-state index contributed by atoms with van der Waals surface area (Å²) in [6.45, 7) is 2.68. The summed E-state index contributed by atoms with van der Waals surface area (Å²) in [4.78, 5) is 21.0. The SMILES string of the molecule is Cc1cccc2c1nc1n2CCC(O)=C1CC(=O)Nc1ccncc1. The fourth-order valence-electron chi connectivity index (χ4n) is 3.22. The van der Waals surface area contributed by atoms with Gasteiger partial charge in [0.2, 0.25) is 5.91 Å². The molecule has 25 heavy (non-hydrogen) atoms. The van der Waals surface area contributed by atoms with E-state index in [0.717, 1.165) is 16.6 Å². The van der Waals surface area contributed by atoms with Gasteiger partial charge in [0.1, 0.15) is 11.6 Å². The molecule has 0 bridgehead atoms. The van der Waals surface area contributed by atoms with E-state index in [4.69, 9.17) is 4.98 Å². The van der Waals surface area contributed by atoms with Crippen LogP contribution in [0.25, 0.3) is 16.6 Å².